The van der Waals surface area contributed by atoms with Crippen LogP contribution in [-0.2, 0) is 6.42 Å². The Bertz CT molecular complexity index is 879. The van der Waals surface area contributed by atoms with E-state index in [2.05, 4.69) is 16.9 Å². The standard InChI is InChI=1S/C17H17N3O3/c1-3-12-6-4-5-7-14(12)23-15-9-8-13(10-18-15)20-16(21)11(2)19-17(20)22/h4-10,21H,3H2,1-2H3,(H,19,22). The van der Waals surface area contributed by atoms with Crippen molar-refractivity contribution in [3.05, 3.63) is 64.3 Å². The van der Waals surface area contributed by atoms with Gasteiger partial charge in [-0.05, 0) is 31.0 Å². The summed E-state index contributed by atoms with van der Waals surface area (Å²) in [6, 6.07) is 11.1. The Balaban J connectivity index is 1.89. The first kappa shape index (κ1) is 14.9. The zero-order chi connectivity index (χ0) is 16.4. The lowest BCUT2D eigenvalue weighted by molar-refractivity contribution is 0.435. The molecule has 3 rings (SSSR count). The van der Waals surface area contributed by atoms with Crippen molar-refractivity contribution >= 4 is 0 Å². The van der Waals surface area contributed by atoms with Gasteiger partial charge >= 0.3 is 5.69 Å². The Labute approximate surface area is 133 Å². The van der Waals surface area contributed by atoms with Crippen molar-refractivity contribution in [3.8, 4) is 23.2 Å². The van der Waals surface area contributed by atoms with Crippen LogP contribution in [0.2, 0.25) is 0 Å². The molecule has 118 valence electrons. The second-order valence-corrected chi connectivity index (χ2v) is 5.13. The molecule has 2 aromatic heterocycles. The number of H-pyrrole nitrogens is 1. The fraction of sp³-hybridized carbons (Fsp3) is 0.176. The van der Waals surface area contributed by atoms with E-state index in [0.29, 0.717) is 17.3 Å². The fourth-order valence-corrected chi connectivity index (χ4v) is 2.35. The normalized spacial score (nSPS) is 10.7. The van der Waals surface area contributed by atoms with Gasteiger partial charge in [-0.1, -0.05) is 25.1 Å². The summed E-state index contributed by atoms with van der Waals surface area (Å²) in [5.41, 5.74) is 1.56. The molecule has 3 aromatic rings. The molecule has 0 aliphatic carbocycles. The molecule has 0 bridgehead atoms. The second kappa shape index (κ2) is 6.00. The topological polar surface area (TPSA) is 80.1 Å². The molecule has 0 saturated carbocycles. The molecule has 6 heteroatoms. The Morgan fingerprint density at radius 1 is 1.26 bits per heavy atom. The fourth-order valence-electron chi connectivity index (χ4n) is 2.35. The lowest BCUT2D eigenvalue weighted by atomic mass is 10.1. The summed E-state index contributed by atoms with van der Waals surface area (Å²) in [7, 11) is 0. The molecule has 23 heavy (non-hydrogen) atoms. The zero-order valence-electron chi connectivity index (χ0n) is 12.9. The van der Waals surface area contributed by atoms with Crippen molar-refractivity contribution in [1.29, 1.82) is 0 Å². The molecule has 0 atom stereocenters. The van der Waals surface area contributed by atoms with Crippen molar-refractivity contribution in [3.63, 3.8) is 0 Å². The highest BCUT2D eigenvalue weighted by Gasteiger charge is 2.12. The van der Waals surface area contributed by atoms with Crippen molar-refractivity contribution in [1.82, 2.24) is 14.5 Å². The molecule has 0 spiro atoms. The molecular formula is C17H17N3O3. The van der Waals surface area contributed by atoms with E-state index in [4.69, 9.17) is 4.74 Å². The minimum absolute atomic E-state index is 0.123. The number of aromatic hydroxyl groups is 1. The minimum Gasteiger partial charge on any atom is -0.493 e. The van der Waals surface area contributed by atoms with Gasteiger partial charge in [0.1, 0.15) is 5.75 Å². The van der Waals surface area contributed by atoms with E-state index in [1.165, 1.54) is 6.20 Å². The SMILES string of the molecule is CCc1ccccc1Oc1ccc(-n2c(O)c(C)[nH]c2=O)cn1. The molecule has 1 aromatic carbocycles. The van der Waals surface area contributed by atoms with Crippen molar-refractivity contribution in [2.75, 3.05) is 0 Å². The van der Waals surface area contributed by atoms with Gasteiger partial charge < -0.3 is 14.8 Å². The molecule has 6 nitrogen and oxygen atoms in total. The number of nitrogens with zero attached hydrogens (tertiary/aromatic N) is 2. The number of rotatable bonds is 4. The van der Waals surface area contributed by atoms with Gasteiger partial charge in [0.2, 0.25) is 11.8 Å². The van der Waals surface area contributed by atoms with Crippen LogP contribution in [0.15, 0.2) is 47.4 Å². The first-order valence-corrected chi connectivity index (χ1v) is 7.33. The molecule has 2 N–H and O–H groups in total. The van der Waals surface area contributed by atoms with E-state index in [-0.39, 0.29) is 5.88 Å². The maximum absolute atomic E-state index is 11.8. The number of hydrogen-bond acceptors (Lipinski definition) is 4. The maximum Gasteiger partial charge on any atom is 0.333 e. The highest BCUT2D eigenvalue weighted by Crippen LogP contribution is 2.25. The predicted octanol–water partition coefficient (Wildman–Crippen LogP) is 2.93. The highest BCUT2D eigenvalue weighted by atomic mass is 16.5. The van der Waals surface area contributed by atoms with Crippen LogP contribution in [0.3, 0.4) is 0 Å². The van der Waals surface area contributed by atoms with E-state index < -0.39 is 5.69 Å². The molecule has 0 fully saturated rings. The third kappa shape index (κ3) is 2.83. The van der Waals surface area contributed by atoms with Crippen molar-refractivity contribution in [2.45, 2.75) is 20.3 Å². The monoisotopic (exact) mass is 311 g/mol. The van der Waals surface area contributed by atoms with Crippen LogP contribution in [0.5, 0.6) is 17.5 Å². The summed E-state index contributed by atoms with van der Waals surface area (Å²) >= 11 is 0. The van der Waals surface area contributed by atoms with Gasteiger partial charge in [-0.15, -0.1) is 0 Å². The maximum atomic E-state index is 11.8. The molecule has 0 unspecified atom stereocenters. The van der Waals surface area contributed by atoms with Gasteiger partial charge in [-0.25, -0.2) is 14.3 Å². The van der Waals surface area contributed by atoms with Gasteiger partial charge in [-0.2, -0.15) is 0 Å². The lowest BCUT2D eigenvalue weighted by Gasteiger charge is -2.09. The average molecular weight is 311 g/mol. The number of imidazole rings is 1. The van der Waals surface area contributed by atoms with Crippen molar-refractivity contribution in [2.24, 2.45) is 0 Å². The number of hydrogen-bond donors (Lipinski definition) is 2. The molecule has 0 saturated heterocycles. The van der Waals surface area contributed by atoms with E-state index in [1.54, 1.807) is 19.1 Å². The Kier molecular flexibility index (Phi) is 3.89. The molecule has 0 amide bonds. The van der Waals surface area contributed by atoms with Gasteiger partial charge in [0.15, 0.2) is 0 Å². The first-order valence-electron chi connectivity index (χ1n) is 7.33. The van der Waals surface area contributed by atoms with Crippen LogP contribution in [0.1, 0.15) is 18.2 Å². The number of pyridine rings is 1. The smallest absolute Gasteiger partial charge is 0.333 e. The predicted molar refractivity (Wildman–Crippen MR) is 86.5 cm³/mol. The van der Waals surface area contributed by atoms with Gasteiger partial charge in [0, 0.05) is 6.07 Å². The summed E-state index contributed by atoms with van der Waals surface area (Å²) in [5.74, 6) is 1.06. The van der Waals surface area contributed by atoms with E-state index in [9.17, 15) is 9.90 Å². The molecule has 2 heterocycles. The number of nitrogens with one attached hydrogen (secondary N) is 1. The number of benzene rings is 1. The molecule has 0 aliphatic rings. The quantitative estimate of drug-likeness (QED) is 0.776. The van der Waals surface area contributed by atoms with E-state index in [0.717, 1.165) is 22.3 Å². The molecule has 0 radical (unpaired) electrons. The Hall–Kier alpha value is -3.02. The number of para-hydroxylation sites is 1. The zero-order valence-corrected chi connectivity index (χ0v) is 12.9. The Morgan fingerprint density at radius 2 is 2.04 bits per heavy atom. The summed E-state index contributed by atoms with van der Waals surface area (Å²) in [6.07, 6.45) is 2.35. The summed E-state index contributed by atoms with van der Waals surface area (Å²) in [5, 5.41) is 9.92. The minimum atomic E-state index is -0.410. The number of ether oxygens (including phenoxy) is 1. The summed E-state index contributed by atoms with van der Waals surface area (Å²) in [4.78, 5) is 18.6. The average Bonchev–Trinajstić information content (AvgIpc) is 2.81. The van der Waals surface area contributed by atoms with E-state index in [1.807, 2.05) is 24.3 Å². The van der Waals surface area contributed by atoms with Crippen LogP contribution in [-0.4, -0.2) is 19.6 Å². The number of aryl methyl sites for hydroxylation is 2. The number of aromatic nitrogens is 3. The van der Waals surface area contributed by atoms with Crippen LogP contribution in [0, 0.1) is 6.92 Å². The Morgan fingerprint density at radius 3 is 2.65 bits per heavy atom. The summed E-state index contributed by atoms with van der Waals surface area (Å²) < 4.78 is 6.95. The largest absolute Gasteiger partial charge is 0.493 e. The van der Waals surface area contributed by atoms with Gasteiger partial charge in [0.25, 0.3) is 0 Å². The van der Waals surface area contributed by atoms with Crippen LogP contribution in [0.25, 0.3) is 5.69 Å². The summed E-state index contributed by atoms with van der Waals surface area (Å²) in [6.45, 7) is 3.68. The molecule has 0 aliphatic heterocycles. The first-order chi connectivity index (χ1) is 11.1. The highest BCUT2D eigenvalue weighted by molar-refractivity contribution is 5.39. The van der Waals surface area contributed by atoms with Crippen LogP contribution >= 0.6 is 0 Å². The van der Waals surface area contributed by atoms with Gasteiger partial charge in [0.05, 0.1) is 17.6 Å². The second-order valence-electron chi connectivity index (χ2n) is 5.13. The lowest BCUT2D eigenvalue weighted by Crippen LogP contribution is -2.14. The third-order valence-corrected chi connectivity index (χ3v) is 3.59. The third-order valence-electron chi connectivity index (χ3n) is 3.59. The van der Waals surface area contributed by atoms with E-state index >= 15 is 0 Å². The van der Waals surface area contributed by atoms with Gasteiger partial charge in [-0.3, -0.25) is 0 Å². The van der Waals surface area contributed by atoms with Crippen LogP contribution < -0.4 is 10.4 Å². The molecular weight excluding hydrogens is 294 g/mol. The van der Waals surface area contributed by atoms with Crippen molar-refractivity contribution < 1.29 is 9.84 Å². The number of aromatic amines is 1. The van der Waals surface area contributed by atoms with Crippen LogP contribution in [0.4, 0.5) is 0 Å².